The Morgan fingerprint density at radius 3 is 2.05 bits per heavy atom. The molecule has 21 heavy (non-hydrogen) atoms. The van der Waals surface area contributed by atoms with Gasteiger partial charge in [-0.2, -0.15) is 0 Å². The van der Waals surface area contributed by atoms with Crippen molar-refractivity contribution in [3.8, 4) is 11.4 Å². The fraction of sp³-hybridized carbons (Fsp3) is 0.250. The van der Waals surface area contributed by atoms with Crippen LogP contribution in [0.4, 0.5) is 0 Å². The van der Waals surface area contributed by atoms with Gasteiger partial charge in [-0.05, 0) is 35.2 Å². The molecular formula is C16H17CuN3O. The minimum absolute atomic E-state index is 0. The third-order valence-corrected chi connectivity index (χ3v) is 3.34. The monoisotopic (exact) mass is 330 g/mol. The smallest absolute Gasteiger partial charge is 0.143 e. The number of hydrogen-bond acceptors (Lipinski definition) is 3. The molecule has 1 N–H and O–H groups in total. The van der Waals surface area contributed by atoms with Crippen molar-refractivity contribution >= 4 is 11.0 Å². The predicted octanol–water partition coefficient (Wildman–Crippen LogP) is 3.42. The molecule has 0 aliphatic carbocycles. The molecule has 0 fully saturated rings. The second-order valence-electron chi connectivity index (χ2n) is 5.93. The maximum atomic E-state index is 10.1. The molecule has 0 saturated carbocycles. The zero-order valence-corrected chi connectivity index (χ0v) is 13.1. The number of nitrogens with zero attached hydrogens (tertiary/aromatic N) is 3. The van der Waals surface area contributed by atoms with E-state index in [1.165, 1.54) is 4.80 Å². The van der Waals surface area contributed by atoms with Crippen molar-refractivity contribution in [2.24, 2.45) is 0 Å². The van der Waals surface area contributed by atoms with Crippen molar-refractivity contribution in [1.82, 2.24) is 15.0 Å². The fourth-order valence-electron chi connectivity index (χ4n) is 2.12. The van der Waals surface area contributed by atoms with Crippen molar-refractivity contribution in [2.45, 2.75) is 26.2 Å². The minimum Gasteiger partial charge on any atom is -0.506 e. The third kappa shape index (κ3) is 2.94. The van der Waals surface area contributed by atoms with E-state index in [1.54, 1.807) is 6.07 Å². The van der Waals surface area contributed by atoms with Crippen molar-refractivity contribution in [3.63, 3.8) is 0 Å². The second kappa shape index (κ2) is 5.51. The molecule has 1 radical (unpaired) electrons. The fourth-order valence-corrected chi connectivity index (χ4v) is 2.12. The van der Waals surface area contributed by atoms with Crippen LogP contribution in [0.1, 0.15) is 26.3 Å². The van der Waals surface area contributed by atoms with Crippen LogP contribution in [0, 0.1) is 0 Å². The van der Waals surface area contributed by atoms with Crippen molar-refractivity contribution in [2.75, 3.05) is 0 Å². The van der Waals surface area contributed by atoms with Gasteiger partial charge >= 0.3 is 0 Å². The van der Waals surface area contributed by atoms with E-state index in [-0.39, 0.29) is 28.2 Å². The average molecular weight is 331 g/mol. The average Bonchev–Trinajstić information content (AvgIpc) is 2.81. The van der Waals surface area contributed by atoms with Crippen LogP contribution in [0.2, 0.25) is 0 Å². The Labute approximate surface area is 134 Å². The van der Waals surface area contributed by atoms with Crippen LogP contribution in [0.3, 0.4) is 0 Å². The number of fused-ring (bicyclic) bond motifs is 1. The summed E-state index contributed by atoms with van der Waals surface area (Å²) in [5.74, 6) is 0.179. The van der Waals surface area contributed by atoms with Crippen LogP contribution in [-0.2, 0) is 22.5 Å². The summed E-state index contributed by atoms with van der Waals surface area (Å²) < 4.78 is 0. The first-order chi connectivity index (χ1) is 9.45. The molecule has 0 spiro atoms. The van der Waals surface area contributed by atoms with Gasteiger partial charge in [-0.1, -0.05) is 39.0 Å². The SMILES string of the molecule is CC(C)(C)c1ccc(O)c(-n2nc3ccccc3n2)c1.[Cu]. The standard InChI is InChI=1S/C16H17N3O.Cu/c1-16(2,3)11-8-9-15(20)14(10-11)19-17-12-6-4-5-7-13(12)18-19;/h4-10,20H,1-3H3;. The summed E-state index contributed by atoms with van der Waals surface area (Å²) in [6, 6.07) is 13.2. The number of aromatic hydroxyl groups is 1. The molecule has 0 amide bonds. The Hall–Kier alpha value is -1.84. The molecule has 3 rings (SSSR count). The van der Waals surface area contributed by atoms with Gasteiger partial charge in [0.2, 0.25) is 0 Å². The van der Waals surface area contributed by atoms with E-state index in [0.717, 1.165) is 16.6 Å². The Morgan fingerprint density at radius 2 is 1.52 bits per heavy atom. The zero-order valence-electron chi connectivity index (χ0n) is 12.1. The van der Waals surface area contributed by atoms with E-state index in [2.05, 4.69) is 31.0 Å². The van der Waals surface area contributed by atoms with Crippen LogP contribution in [0.5, 0.6) is 5.75 Å². The first-order valence-electron chi connectivity index (χ1n) is 6.61. The summed E-state index contributed by atoms with van der Waals surface area (Å²) in [6.07, 6.45) is 0. The summed E-state index contributed by atoms with van der Waals surface area (Å²) in [7, 11) is 0. The molecule has 2 aromatic carbocycles. The van der Waals surface area contributed by atoms with Gasteiger partial charge in [0.15, 0.2) is 0 Å². The van der Waals surface area contributed by atoms with E-state index < -0.39 is 0 Å². The number of phenolic OH excluding ortho intramolecular Hbond substituents is 1. The molecule has 0 atom stereocenters. The Morgan fingerprint density at radius 1 is 0.952 bits per heavy atom. The first-order valence-corrected chi connectivity index (χ1v) is 6.61. The maximum absolute atomic E-state index is 10.1. The summed E-state index contributed by atoms with van der Waals surface area (Å²) >= 11 is 0. The van der Waals surface area contributed by atoms with Crippen LogP contribution in [-0.4, -0.2) is 20.1 Å². The molecule has 0 aliphatic heterocycles. The van der Waals surface area contributed by atoms with E-state index in [0.29, 0.717) is 5.69 Å². The summed E-state index contributed by atoms with van der Waals surface area (Å²) in [5.41, 5.74) is 3.37. The molecule has 0 unspecified atom stereocenters. The predicted molar refractivity (Wildman–Crippen MR) is 79.2 cm³/mol. The van der Waals surface area contributed by atoms with Gasteiger partial charge in [-0.15, -0.1) is 15.0 Å². The van der Waals surface area contributed by atoms with Gasteiger partial charge in [0.1, 0.15) is 22.5 Å². The topological polar surface area (TPSA) is 50.9 Å². The maximum Gasteiger partial charge on any atom is 0.143 e. The number of benzene rings is 2. The zero-order chi connectivity index (χ0) is 14.3. The molecule has 5 heteroatoms. The van der Waals surface area contributed by atoms with Crippen LogP contribution < -0.4 is 0 Å². The molecule has 0 aliphatic rings. The van der Waals surface area contributed by atoms with Gasteiger partial charge < -0.3 is 5.11 Å². The van der Waals surface area contributed by atoms with Crippen molar-refractivity contribution in [3.05, 3.63) is 48.0 Å². The van der Waals surface area contributed by atoms with E-state index >= 15 is 0 Å². The van der Waals surface area contributed by atoms with Crippen LogP contribution in [0.15, 0.2) is 42.5 Å². The Balaban J connectivity index is 0.00000161. The normalized spacial score (nSPS) is 11.4. The molecule has 3 aromatic rings. The van der Waals surface area contributed by atoms with Gasteiger partial charge in [-0.25, -0.2) is 0 Å². The number of aromatic nitrogens is 3. The van der Waals surface area contributed by atoms with Gasteiger partial charge in [0.05, 0.1) is 0 Å². The quantitative estimate of drug-likeness (QED) is 0.695. The molecule has 0 saturated heterocycles. The van der Waals surface area contributed by atoms with Gasteiger partial charge in [-0.3, -0.25) is 0 Å². The number of phenols is 1. The number of hydrogen-bond donors (Lipinski definition) is 1. The summed E-state index contributed by atoms with van der Waals surface area (Å²) in [4.78, 5) is 1.50. The third-order valence-electron chi connectivity index (χ3n) is 3.34. The second-order valence-corrected chi connectivity index (χ2v) is 5.93. The molecule has 4 nitrogen and oxygen atoms in total. The van der Waals surface area contributed by atoms with Crippen LogP contribution in [0.25, 0.3) is 16.7 Å². The molecule has 113 valence electrons. The Kier molecular flexibility index (Phi) is 4.08. The van der Waals surface area contributed by atoms with E-state index in [9.17, 15) is 5.11 Å². The molecular weight excluding hydrogens is 314 g/mol. The largest absolute Gasteiger partial charge is 0.506 e. The van der Waals surface area contributed by atoms with Crippen LogP contribution >= 0.6 is 0 Å². The van der Waals surface area contributed by atoms with Crippen molar-refractivity contribution in [1.29, 1.82) is 0 Å². The molecule has 1 aromatic heterocycles. The van der Waals surface area contributed by atoms with E-state index in [1.807, 2.05) is 36.4 Å². The van der Waals surface area contributed by atoms with E-state index in [4.69, 9.17) is 0 Å². The first kappa shape index (κ1) is 15.5. The van der Waals surface area contributed by atoms with Crippen molar-refractivity contribution < 1.29 is 22.2 Å². The van der Waals surface area contributed by atoms with Gasteiger partial charge in [0.25, 0.3) is 0 Å². The molecule has 1 heterocycles. The summed E-state index contributed by atoms with van der Waals surface area (Å²) in [5, 5.41) is 18.9. The summed E-state index contributed by atoms with van der Waals surface area (Å²) in [6.45, 7) is 6.41. The Bertz CT molecular complexity index is 742. The van der Waals surface area contributed by atoms with Gasteiger partial charge in [0, 0.05) is 17.1 Å². The molecule has 0 bridgehead atoms. The number of rotatable bonds is 1. The minimum atomic E-state index is 0.